The van der Waals surface area contributed by atoms with Crippen LogP contribution in [-0.4, -0.2) is 16.1 Å². The summed E-state index contributed by atoms with van der Waals surface area (Å²) in [6, 6.07) is 11.7. The van der Waals surface area contributed by atoms with Crippen LogP contribution >= 0.6 is 0 Å². The van der Waals surface area contributed by atoms with Gasteiger partial charge in [-0.05, 0) is 29.7 Å². The third kappa shape index (κ3) is 4.07. The minimum atomic E-state index is -0.382. The van der Waals surface area contributed by atoms with Crippen molar-refractivity contribution < 1.29 is 10.0 Å². The molecule has 5 heteroatoms. The second-order valence-electron chi connectivity index (χ2n) is 4.41. The van der Waals surface area contributed by atoms with E-state index in [0.29, 0.717) is 13.0 Å². The predicted octanol–water partition coefficient (Wildman–Crippen LogP) is 2.13. The molecule has 0 atom stereocenters. The zero-order chi connectivity index (χ0) is 14.2. The van der Waals surface area contributed by atoms with Crippen LogP contribution in [0.2, 0.25) is 0 Å². The summed E-state index contributed by atoms with van der Waals surface area (Å²) in [6.45, 7) is 0.678. The zero-order valence-corrected chi connectivity index (χ0v) is 11.0. The van der Waals surface area contributed by atoms with Gasteiger partial charge in [-0.3, -0.25) is 15.0 Å². The Morgan fingerprint density at radius 1 is 1.20 bits per heavy atom. The fourth-order valence-electron chi connectivity index (χ4n) is 1.91. The normalized spacial score (nSPS) is 10.1. The minimum Gasteiger partial charge on any atom is -0.381 e. The third-order valence-electron chi connectivity index (χ3n) is 2.97. The van der Waals surface area contributed by atoms with Gasteiger partial charge >= 0.3 is 0 Å². The maximum atomic E-state index is 11.1. The van der Waals surface area contributed by atoms with Crippen molar-refractivity contribution in [3.05, 3.63) is 59.9 Å². The highest BCUT2D eigenvalue weighted by Crippen LogP contribution is 2.17. The Balaban J connectivity index is 1.98. The van der Waals surface area contributed by atoms with Crippen molar-refractivity contribution in [1.82, 2.24) is 10.5 Å². The lowest BCUT2D eigenvalue weighted by molar-refractivity contribution is -0.129. The Kier molecular flexibility index (Phi) is 5.08. The highest BCUT2D eigenvalue weighted by molar-refractivity contribution is 5.75. The fraction of sp³-hybridized carbons (Fsp3) is 0.200. The number of nitrogens with zero attached hydrogens (tertiary/aromatic N) is 1. The molecule has 0 aliphatic rings. The van der Waals surface area contributed by atoms with Gasteiger partial charge < -0.3 is 5.32 Å². The van der Waals surface area contributed by atoms with Gasteiger partial charge in [-0.2, -0.15) is 0 Å². The van der Waals surface area contributed by atoms with Crippen molar-refractivity contribution in [3.8, 4) is 0 Å². The van der Waals surface area contributed by atoms with Crippen molar-refractivity contribution in [2.45, 2.75) is 19.4 Å². The van der Waals surface area contributed by atoms with Crippen molar-refractivity contribution >= 4 is 11.6 Å². The van der Waals surface area contributed by atoms with Crippen LogP contribution < -0.4 is 10.8 Å². The van der Waals surface area contributed by atoms with Crippen LogP contribution in [0.15, 0.2) is 48.8 Å². The maximum absolute atomic E-state index is 11.1. The molecular formula is C15H17N3O2. The highest BCUT2D eigenvalue weighted by atomic mass is 16.5. The van der Waals surface area contributed by atoms with E-state index >= 15 is 0 Å². The molecule has 0 radical (unpaired) electrons. The number of anilines is 1. The van der Waals surface area contributed by atoms with E-state index in [1.165, 1.54) is 0 Å². The van der Waals surface area contributed by atoms with Crippen molar-refractivity contribution in [3.63, 3.8) is 0 Å². The standard InChI is InChI=1S/C15H17N3O2/c19-15(18-20)8-7-13-5-1-2-6-14(13)17-11-12-4-3-9-16-10-12/h1-6,9-10,17,20H,7-8,11H2,(H,18,19). The van der Waals surface area contributed by atoms with Gasteiger partial charge in [0.25, 0.3) is 0 Å². The van der Waals surface area contributed by atoms with E-state index in [4.69, 9.17) is 5.21 Å². The summed E-state index contributed by atoms with van der Waals surface area (Å²) >= 11 is 0. The molecule has 1 aromatic carbocycles. The summed E-state index contributed by atoms with van der Waals surface area (Å²) in [5.74, 6) is -0.382. The predicted molar refractivity (Wildman–Crippen MR) is 76.3 cm³/mol. The van der Waals surface area contributed by atoms with Crippen LogP contribution in [0.4, 0.5) is 5.69 Å². The number of carbonyl (C=O) groups excluding carboxylic acids is 1. The Labute approximate surface area is 117 Å². The number of aryl methyl sites for hydroxylation is 1. The zero-order valence-electron chi connectivity index (χ0n) is 11.0. The average molecular weight is 271 g/mol. The Morgan fingerprint density at radius 2 is 2.05 bits per heavy atom. The molecule has 0 saturated heterocycles. The van der Waals surface area contributed by atoms with E-state index in [1.54, 1.807) is 11.7 Å². The van der Waals surface area contributed by atoms with Crippen molar-refractivity contribution in [1.29, 1.82) is 0 Å². The van der Waals surface area contributed by atoms with E-state index in [2.05, 4.69) is 10.3 Å². The molecule has 0 spiro atoms. The molecule has 3 N–H and O–H groups in total. The summed E-state index contributed by atoms with van der Waals surface area (Å²) < 4.78 is 0. The van der Waals surface area contributed by atoms with Crippen LogP contribution in [0.3, 0.4) is 0 Å². The molecule has 20 heavy (non-hydrogen) atoms. The molecule has 0 aliphatic carbocycles. The van der Waals surface area contributed by atoms with Crippen molar-refractivity contribution in [2.24, 2.45) is 0 Å². The van der Waals surface area contributed by atoms with E-state index < -0.39 is 0 Å². The number of hydrogen-bond acceptors (Lipinski definition) is 4. The third-order valence-corrected chi connectivity index (χ3v) is 2.97. The number of nitrogens with one attached hydrogen (secondary N) is 2. The second-order valence-corrected chi connectivity index (χ2v) is 4.41. The lowest BCUT2D eigenvalue weighted by atomic mass is 10.1. The number of hydroxylamine groups is 1. The summed E-state index contributed by atoms with van der Waals surface area (Å²) in [5.41, 5.74) is 4.77. The van der Waals surface area contributed by atoms with Crippen LogP contribution in [0, 0.1) is 0 Å². The molecule has 1 aromatic heterocycles. The van der Waals surface area contributed by atoms with E-state index in [1.807, 2.05) is 42.6 Å². The molecule has 104 valence electrons. The number of aromatic nitrogens is 1. The first kappa shape index (κ1) is 14.0. The lowest BCUT2D eigenvalue weighted by Crippen LogP contribution is -2.19. The Morgan fingerprint density at radius 3 is 2.80 bits per heavy atom. The molecule has 0 fully saturated rings. The van der Waals surface area contributed by atoms with E-state index in [0.717, 1.165) is 16.8 Å². The number of rotatable bonds is 6. The summed E-state index contributed by atoms with van der Waals surface area (Å²) in [4.78, 5) is 15.2. The number of benzene rings is 1. The van der Waals surface area contributed by atoms with Gasteiger partial charge in [0.1, 0.15) is 0 Å². The number of hydrogen-bond donors (Lipinski definition) is 3. The molecule has 0 saturated carbocycles. The van der Waals surface area contributed by atoms with Gasteiger partial charge in [-0.1, -0.05) is 24.3 Å². The molecule has 1 heterocycles. The monoisotopic (exact) mass is 271 g/mol. The average Bonchev–Trinajstić information content (AvgIpc) is 2.52. The number of carbonyl (C=O) groups is 1. The fourth-order valence-corrected chi connectivity index (χ4v) is 1.91. The van der Waals surface area contributed by atoms with Gasteiger partial charge in [0.2, 0.25) is 5.91 Å². The van der Waals surface area contributed by atoms with Crippen LogP contribution in [-0.2, 0) is 17.8 Å². The first-order valence-corrected chi connectivity index (χ1v) is 6.43. The molecule has 2 aromatic rings. The topological polar surface area (TPSA) is 74.2 Å². The minimum absolute atomic E-state index is 0.252. The summed E-state index contributed by atoms with van der Waals surface area (Å²) in [7, 11) is 0. The van der Waals surface area contributed by atoms with Gasteiger partial charge in [0, 0.05) is 31.0 Å². The Bertz CT molecular complexity index is 558. The molecule has 1 amide bonds. The van der Waals surface area contributed by atoms with E-state index in [-0.39, 0.29) is 12.3 Å². The molecular weight excluding hydrogens is 254 g/mol. The maximum Gasteiger partial charge on any atom is 0.243 e. The SMILES string of the molecule is O=C(CCc1ccccc1NCc1cccnc1)NO. The smallest absolute Gasteiger partial charge is 0.243 e. The van der Waals surface area contributed by atoms with Crippen molar-refractivity contribution in [2.75, 3.05) is 5.32 Å². The molecule has 0 bridgehead atoms. The number of para-hydroxylation sites is 1. The molecule has 0 aliphatic heterocycles. The largest absolute Gasteiger partial charge is 0.381 e. The molecule has 5 nitrogen and oxygen atoms in total. The highest BCUT2D eigenvalue weighted by Gasteiger charge is 2.05. The van der Waals surface area contributed by atoms with Crippen LogP contribution in [0.1, 0.15) is 17.5 Å². The van der Waals surface area contributed by atoms with Gasteiger partial charge in [-0.15, -0.1) is 0 Å². The lowest BCUT2D eigenvalue weighted by Gasteiger charge is -2.11. The quantitative estimate of drug-likeness (QED) is 0.556. The molecule has 0 unspecified atom stereocenters. The number of pyridine rings is 1. The van der Waals surface area contributed by atoms with E-state index in [9.17, 15) is 4.79 Å². The first-order chi connectivity index (χ1) is 9.79. The van der Waals surface area contributed by atoms with Crippen LogP contribution in [0.5, 0.6) is 0 Å². The number of amides is 1. The summed E-state index contributed by atoms with van der Waals surface area (Å²) in [5, 5.41) is 11.8. The summed E-state index contributed by atoms with van der Waals surface area (Å²) in [6.07, 6.45) is 4.38. The first-order valence-electron chi connectivity index (χ1n) is 6.43. The molecule has 2 rings (SSSR count). The van der Waals surface area contributed by atoms with Crippen LogP contribution in [0.25, 0.3) is 0 Å². The van der Waals surface area contributed by atoms with Gasteiger partial charge in [-0.25, -0.2) is 5.48 Å². The second kappa shape index (κ2) is 7.25. The Hall–Kier alpha value is -2.40. The van der Waals surface area contributed by atoms with Gasteiger partial charge in [0.05, 0.1) is 0 Å². The van der Waals surface area contributed by atoms with Gasteiger partial charge in [0.15, 0.2) is 0 Å².